The summed E-state index contributed by atoms with van der Waals surface area (Å²) in [4.78, 5) is 11.5. The molecule has 0 aromatic heterocycles. The lowest BCUT2D eigenvalue weighted by molar-refractivity contribution is -0.143. The lowest BCUT2D eigenvalue weighted by atomic mass is 10.1. The Balaban J connectivity index is 3.06. The molecule has 0 heterocycles. The van der Waals surface area contributed by atoms with Gasteiger partial charge in [0.05, 0.1) is 11.1 Å². The molecule has 0 aliphatic heterocycles. The fraction of sp³-hybridized carbons (Fsp3) is 0.462. The Morgan fingerprint density at radius 3 is 1.82 bits per heavy atom. The number of rotatable bonds is 3. The van der Waals surface area contributed by atoms with Gasteiger partial charge < -0.3 is 10.6 Å². The predicted molar refractivity (Wildman–Crippen MR) is 68.3 cm³/mol. The minimum Gasteiger partial charge on any atom is -0.338 e. The van der Waals surface area contributed by atoms with Crippen molar-refractivity contribution in [3.05, 3.63) is 29.3 Å². The van der Waals surface area contributed by atoms with Crippen LogP contribution >= 0.6 is 0 Å². The quantitative estimate of drug-likeness (QED) is 0.788. The summed E-state index contributed by atoms with van der Waals surface area (Å²) >= 11 is 0. The monoisotopic (exact) mass is 328 g/mol. The average molecular weight is 328 g/mol. The van der Waals surface area contributed by atoms with E-state index < -0.39 is 35.2 Å². The summed E-state index contributed by atoms with van der Waals surface area (Å²) in [7, 11) is 0. The van der Waals surface area contributed by atoms with Gasteiger partial charge in [-0.3, -0.25) is 0 Å². The van der Waals surface area contributed by atoms with E-state index in [0.717, 1.165) is 0 Å². The van der Waals surface area contributed by atoms with Crippen LogP contribution in [0.4, 0.5) is 36.8 Å². The number of carbonyl (C=O) groups is 1. The third-order valence-electron chi connectivity index (χ3n) is 2.52. The maximum Gasteiger partial charge on any atom is 0.416 e. The molecule has 1 rings (SSSR count). The Morgan fingerprint density at radius 2 is 1.45 bits per heavy atom. The molecule has 9 heteroatoms. The van der Waals surface area contributed by atoms with Gasteiger partial charge in [0.1, 0.15) is 0 Å². The summed E-state index contributed by atoms with van der Waals surface area (Å²) in [5.41, 5.74) is -3.55. The largest absolute Gasteiger partial charge is 0.416 e. The number of hydrogen-bond acceptors (Lipinski definition) is 1. The van der Waals surface area contributed by atoms with Crippen molar-refractivity contribution in [1.82, 2.24) is 5.32 Å². The van der Waals surface area contributed by atoms with E-state index in [2.05, 4.69) is 5.32 Å². The molecule has 0 bridgehead atoms. The van der Waals surface area contributed by atoms with Crippen LogP contribution in [0, 0.1) is 5.92 Å². The summed E-state index contributed by atoms with van der Waals surface area (Å²) in [6.45, 7) is 3.80. The number of anilines is 1. The second kappa shape index (κ2) is 6.45. The topological polar surface area (TPSA) is 41.1 Å². The molecule has 22 heavy (non-hydrogen) atoms. The maximum atomic E-state index is 12.6. The third-order valence-corrected chi connectivity index (χ3v) is 2.52. The van der Waals surface area contributed by atoms with Crippen LogP contribution in [-0.2, 0) is 12.4 Å². The normalized spacial score (nSPS) is 12.4. The summed E-state index contributed by atoms with van der Waals surface area (Å²) in [5.74, 6) is 0.0815. The first kappa shape index (κ1) is 18.1. The molecule has 0 aliphatic carbocycles. The number of nitrogens with one attached hydrogen (secondary N) is 2. The second-order valence-electron chi connectivity index (χ2n) is 5.02. The fourth-order valence-corrected chi connectivity index (χ4v) is 1.50. The molecular formula is C13H14F6N2O. The van der Waals surface area contributed by atoms with E-state index >= 15 is 0 Å². The van der Waals surface area contributed by atoms with E-state index in [-0.39, 0.29) is 18.5 Å². The van der Waals surface area contributed by atoms with E-state index in [9.17, 15) is 31.1 Å². The van der Waals surface area contributed by atoms with Crippen LogP contribution < -0.4 is 10.6 Å². The summed E-state index contributed by atoms with van der Waals surface area (Å²) in [6.07, 6.45) is -9.90. The molecular weight excluding hydrogens is 314 g/mol. The van der Waals surface area contributed by atoms with Crippen molar-refractivity contribution in [2.75, 3.05) is 11.9 Å². The van der Waals surface area contributed by atoms with Gasteiger partial charge in [0.25, 0.3) is 0 Å². The van der Waals surface area contributed by atoms with Gasteiger partial charge in [0.15, 0.2) is 0 Å². The number of carbonyl (C=O) groups excluding carboxylic acids is 1. The van der Waals surface area contributed by atoms with Gasteiger partial charge in [-0.2, -0.15) is 26.3 Å². The van der Waals surface area contributed by atoms with E-state index in [1.54, 1.807) is 13.8 Å². The lowest BCUT2D eigenvalue weighted by Crippen LogP contribution is -2.31. The Hall–Kier alpha value is -1.93. The van der Waals surface area contributed by atoms with E-state index in [0.29, 0.717) is 12.1 Å². The molecule has 2 N–H and O–H groups in total. The molecule has 0 radical (unpaired) electrons. The first-order valence-electron chi connectivity index (χ1n) is 6.24. The van der Waals surface area contributed by atoms with Crippen LogP contribution in [0.2, 0.25) is 0 Å². The highest BCUT2D eigenvalue weighted by molar-refractivity contribution is 5.89. The third kappa shape index (κ3) is 5.45. The van der Waals surface area contributed by atoms with Crippen LogP contribution in [0.3, 0.4) is 0 Å². The Bertz CT molecular complexity index is 504. The van der Waals surface area contributed by atoms with Gasteiger partial charge in [0, 0.05) is 12.2 Å². The van der Waals surface area contributed by atoms with Crippen LogP contribution in [0.15, 0.2) is 18.2 Å². The van der Waals surface area contributed by atoms with E-state index in [4.69, 9.17) is 0 Å². The SMILES string of the molecule is CC(C)CNC(=O)Nc1cc(C(F)(F)F)cc(C(F)(F)F)c1. The molecule has 0 spiro atoms. The van der Waals surface area contributed by atoms with E-state index in [1.807, 2.05) is 5.32 Å². The number of urea groups is 1. The zero-order chi connectivity index (χ0) is 17.1. The fourth-order valence-electron chi connectivity index (χ4n) is 1.50. The molecule has 2 amide bonds. The van der Waals surface area contributed by atoms with E-state index in [1.165, 1.54) is 0 Å². The van der Waals surface area contributed by atoms with Crippen LogP contribution in [0.1, 0.15) is 25.0 Å². The molecule has 124 valence electrons. The number of halogens is 6. The first-order valence-corrected chi connectivity index (χ1v) is 6.24. The number of benzene rings is 1. The first-order chi connectivity index (χ1) is 9.89. The molecule has 0 fully saturated rings. The summed E-state index contributed by atoms with van der Waals surface area (Å²) in [6, 6.07) is 0.0205. The number of amides is 2. The molecule has 0 aliphatic rings. The standard InChI is InChI=1S/C13H14F6N2O/c1-7(2)6-20-11(22)21-10-4-8(12(14,15)16)3-9(5-10)13(17,18)19/h3-5,7H,6H2,1-2H3,(H2,20,21,22). The van der Waals surface area contributed by atoms with Gasteiger partial charge in [-0.25, -0.2) is 4.79 Å². The predicted octanol–water partition coefficient (Wildman–Crippen LogP) is 4.50. The number of hydrogen-bond donors (Lipinski definition) is 2. The number of alkyl halides is 6. The van der Waals surface area contributed by atoms with Gasteiger partial charge >= 0.3 is 18.4 Å². The van der Waals surface area contributed by atoms with Crippen molar-refractivity contribution in [1.29, 1.82) is 0 Å². The van der Waals surface area contributed by atoms with Gasteiger partial charge in [-0.05, 0) is 24.1 Å². The average Bonchev–Trinajstić information content (AvgIpc) is 2.34. The molecule has 1 aromatic carbocycles. The van der Waals surface area contributed by atoms with Crippen molar-refractivity contribution in [3.8, 4) is 0 Å². The molecule has 0 saturated carbocycles. The second-order valence-corrected chi connectivity index (χ2v) is 5.02. The highest BCUT2D eigenvalue weighted by Crippen LogP contribution is 2.37. The van der Waals surface area contributed by atoms with Gasteiger partial charge in [0.2, 0.25) is 0 Å². The molecule has 3 nitrogen and oxygen atoms in total. The highest BCUT2D eigenvalue weighted by atomic mass is 19.4. The van der Waals surface area contributed by atoms with Crippen molar-refractivity contribution in [2.45, 2.75) is 26.2 Å². The Morgan fingerprint density at radius 1 is 1.00 bits per heavy atom. The minimum atomic E-state index is -4.95. The molecule has 1 aromatic rings. The van der Waals surface area contributed by atoms with Gasteiger partial charge in [-0.15, -0.1) is 0 Å². The summed E-state index contributed by atoms with van der Waals surface area (Å²) < 4.78 is 75.8. The van der Waals surface area contributed by atoms with Crippen molar-refractivity contribution in [3.63, 3.8) is 0 Å². The maximum absolute atomic E-state index is 12.6. The lowest BCUT2D eigenvalue weighted by Gasteiger charge is -2.15. The summed E-state index contributed by atoms with van der Waals surface area (Å²) in [5, 5.41) is 4.31. The zero-order valence-electron chi connectivity index (χ0n) is 11.7. The van der Waals surface area contributed by atoms with Crippen LogP contribution in [0.25, 0.3) is 0 Å². The van der Waals surface area contributed by atoms with Gasteiger partial charge in [-0.1, -0.05) is 13.8 Å². The molecule has 0 unspecified atom stereocenters. The Kier molecular flexibility index (Phi) is 5.31. The molecule has 0 saturated heterocycles. The Labute approximate surface area is 122 Å². The van der Waals surface area contributed by atoms with Crippen molar-refractivity contribution < 1.29 is 31.1 Å². The van der Waals surface area contributed by atoms with Crippen molar-refractivity contribution in [2.24, 2.45) is 5.92 Å². The van der Waals surface area contributed by atoms with Crippen LogP contribution in [0.5, 0.6) is 0 Å². The minimum absolute atomic E-state index is 0.00278. The smallest absolute Gasteiger partial charge is 0.338 e. The molecule has 0 atom stereocenters. The highest BCUT2D eigenvalue weighted by Gasteiger charge is 2.37. The zero-order valence-corrected chi connectivity index (χ0v) is 11.7. The van der Waals surface area contributed by atoms with Crippen LogP contribution in [-0.4, -0.2) is 12.6 Å². The van der Waals surface area contributed by atoms with Crippen molar-refractivity contribution >= 4 is 11.7 Å².